The second-order valence-corrected chi connectivity index (χ2v) is 4.46. The number of carbonyl (C=O) groups is 1. The van der Waals surface area contributed by atoms with Gasteiger partial charge in [-0.3, -0.25) is 9.69 Å². The van der Waals surface area contributed by atoms with E-state index in [1.165, 1.54) is 7.11 Å². The van der Waals surface area contributed by atoms with Gasteiger partial charge >= 0.3 is 0 Å². The highest BCUT2D eigenvalue weighted by atomic mass is 16.6. The number of nitrogens with zero attached hydrogens (tertiary/aromatic N) is 3. The molecule has 1 heterocycles. The van der Waals surface area contributed by atoms with Crippen molar-refractivity contribution < 1.29 is 9.63 Å². The highest BCUT2D eigenvalue weighted by Gasteiger charge is 2.33. The van der Waals surface area contributed by atoms with Crippen LogP contribution in [0.15, 0.2) is 5.16 Å². The number of likely N-dealkylation sites (N-methyl/N-ethyl adjacent to an activating group) is 1. The van der Waals surface area contributed by atoms with Crippen LogP contribution >= 0.6 is 0 Å². The predicted molar refractivity (Wildman–Crippen MR) is 71.4 cm³/mol. The molecule has 1 rings (SSSR count). The molecule has 1 amide bonds. The highest BCUT2D eigenvalue weighted by Crippen LogP contribution is 2.15. The summed E-state index contributed by atoms with van der Waals surface area (Å²) in [5.41, 5.74) is 6.32. The molecular formula is C12H24N4O2. The van der Waals surface area contributed by atoms with E-state index in [1.807, 2.05) is 0 Å². The van der Waals surface area contributed by atoms with E-state index in [0.717, 1.165) is 31.9 Å². The van der Waals surface area contributed by atoms with Crippen molar-refractivity contribution in [3.05, 3.63) is 0 Å². The molecule has 6 nitrogen and oxygen atoms in total. The van der Waals surface area contributed by atoms with E-state index < -0.39 is 0 Å². The van der Waals surface area contributed by atoms with Gasteiger partial charge in [0.05, 0.1) is 11.8 Å². The van der Waals surface area contributed by atoms with Gasteiger partial charge in [0.25, 0.3) is 0 Å². The Kier molecular flexibility index (Phi) is 6.07. The molecule has 1 fully saturated rings. The molecule has 0 aliphatic carbocycles. The lowest BCUT2D eigenvalue weighted by molar-refractivity contribution is -0.122. The minimum absolute atomic E-state index is 0.241. The molecule has 0 aromatic rings. The smallest absolute Gasteiger partial charge is 0.235 e. The monoisotopic (exact) mass is 256 g/mol. The van der Waals surface area contributed by atoms with Crippen LogP contribution in [-0.4, -0.2) is 67.3 Å². The molecule has 0 aromatic carbocycles. The molecule has 0 radical (unpaired) electrons. The van der Waals surface area contributed by atoms with Gasteiger partial charge in [0.1, 0.15) is 7.11 Å². The molecule has 1 unspecified atom stereocenters. The number of hydrogen-bond donors (Lipinski definition) is 1. The van der Waals surface area contributed by atoms with E-state index in [0.29, 0.717) is 13.0 Å². The largest absolute Gasteiger partial charge is 0.399 e. The van der Waals surface area contributed by atoms with Crippen molar-refractivity contribution in [2.75, 3.05) is 39.8 Å². The number of hydrogen-bond acceptors (Lipinski definition) is 5. The van der Waals surface area contributed by atoms with Crippen molar-refractivity contribution in [2.45, 2.75) is 26.3 Å². The Hall–Kier alpha value is -1.14. The third-order valence-electron chi connectivity index (χ3n) is 3.40. The van der Waals surface area contributed by atoms with Crippen molar-refractivity contribution in [2.24, 2.45) is 10.9 Å². The lowest BCUT2D eigenvalue weighted by Gasteiger charge is -2.25. The zero-order valence-corrected chi connectivity index (χ0v) is 11.6. The Balaban J connectivity index is 2.56. The molecule has 18 heavy (non-hydrogen) atoms. The average Bonchev–Trinajstić information content (AvgIpc) is 2.74. The first kappa shape index (κ1) is 14.9. The van der Waals surface area contributed by atoms with Crippen LogP contribution in [0.4, 0.5) is 0 Å². The second-order valence-electron chi connectivity index (χ2n) is 4.46. The summed E-state index contributed by atoms with van der Waals surface area (Å²) in [6, 6.07) is -0.241. The summed E-state index contributed by atoms with van der Waals surface area (Å²) in [5, 5.41) is 3.93. The molecule has 6 heteroatoms. The summed E-state index contributed by atoms with van der Waals surface area (Å²) in [7, 11) is 1.52. The van der Waals surface area contributed by atoms with Crippen LogP contribution in [0.1, 0.15) is 20.3 Å². The normalized spacial score (nSPS) is 22.9. The highest BCUT2D eigenvalue weighted by molar-refractivity contribution is 5.95. The average molecular weight is 256 g/mol. The fraction of sp³-hybridized carbons (Fsp3) is 0.833. The molecule has 1 aliphatic heterocycles. The first-order valence-corrected chi connectivity index (χ1v) is 6.46. The molecule has 0 spiro atoms. The maximum absolute atomic E-state index is 11.4. The van der Waals surface area contributed by atoms with Crippen LogP contribution in [0.3, 0.4) is 0 Å². The van der Waals surface area contributed by atoms with Crippen molar-refractivity contribution in [3.63, 3.8) is 0 Å². The van der Waals surface area contributed by atoms with Gasteiger partial charge < -0.3 is 15.5 Å². The van der Waals surface area contributed by atoms with Crippen LogP contribution in [0.2, 0.25) is 0 Å². The third-order valence-corrected chi connectivity index (χ3v) is 3.40. The molecule has 1 saturated heterocycles. The van der Waals surface area contributed by atoms with Gasteiger partial charge in [0.15, 0.2) is 0 Å². The number of oxime groups is 1. The van der Waals surface area contributed by atoms with Crippen molar-refractivity contribution in [3.8, 4) is 0 Å². The zero-order chi connectivity index (χ0) is 13.5. The molecule has 1 atom stereocenters. The van der Waals surface area contributed by atoms with Gasteiger partial charge in [-0.25, -0.2) is 0 Å². The molecule has 0 bridgehead atoms. The molecular weight excluding hydrogens is 232 g/mol. The van der Waals surface area contributed by atoms with Crippen LogP contribution in [0, 0.1) is 0 Å². The van der Waals surface area contributed by atoms with Crippen molar-refractivity contribution >= 4 is 11.6 Å². The quantitative estimate of drug-likeness (QED) is 0.645. The van der Waals surface area contributed by atoms with E-state index in [9.17, 15) is 4.79 Å². The summed E-state index contributed by atoms with van der Waals surface area (Å²) >= 11 is 0. The Morgan fingerprint density at radius 2 is 2.22 bits per heavy atom. The summed E-state index contributed by atoms with van der Waals surface area (Å²) in [6.45, 7) is 8.75. The summed E-state index contributed by atoms with van der Waals surface area (Å²) in [4.78, 5) is 20.6. The van der Waals surface area contributed by atoms with Gasteiger partial charge in [0, 0.05) is 26.1 Å². The summed E-state index contributed by atoms with van der Waals surface area (Å²) in [5.74, 6) is -0.282. The summed E-state index contributed by atoms with van der Waals surface area (Å²) in [6.07, 6.45) is 0.585. The third kappa shape index (κ3) is 3.96. The van der Waals surface area contributed by atoms with Crippen LogP contribution in [-0.2, 0) is 9.63 Å². The molecule has 0 saturated carbocycles. The number of likely N-dealkylation sites (tertiary alicyclic amines) is 1. The Morgan fingerprint density at radius 1 is 1.56 bits per heavy atom. The predicted octanol–water partition coefficient (Wildman–Crippen LogP) is -0.110. The fourth-order valence-electron chi connectivity index (χ4n) is 2.28. The standard InChI is InChI=1S/C12H24N4O2/c1-4-15(5-2)6-7-16-9-10(14-18-3)8-11(16)12(13)17/h11H,4-9H2,1-3H3,(H2,13,17). The minimum Gasteiger partial charge on any atom is -0.399 e. The van der Waals surface area contributed by atoms with E-state index >= 15 is 0 Å². The molecule has 104 valence electrons. The zero-order valence-electron chi connectivity index (χ0n) is 11.6. The second kappa shape index (κ2) is 7.33. The maximum atomic E-state index is 11.4. The lowest BCUT2D eigenvalue weighted by atomic mass is 10.2. The number of nitrogens with two attached hydrogens (primary N) is 1. The van der Waals surface area contributed by atoms with Gasteiger partial charge in [0.2, 0.25) is 5.91 Å². The van der Waals surface area contributed by atoms with E-state index in [-0.39, 0.29) is 11.9 Å². The molecule has 2 N–H and O–H groups in total. The topological polar surface area (TPSA) is 71.2 Å². The molecule has 0 aromatic heterocycles. The van der Waals surface area contributed by atoms with Crippen LogP contribution in [0.25, 0.3) is 0 Å². The Labute approximate surface area is 109 Å². The number of carbonyl (C=O) groups excluding carboxylic acids is 1. The lowest BCUT2D eigenvalue weighted by Crippen LogP contribution is -2.43. The van der Waals surface area contributed by atoms with Crippen LogP contribution in [0.5, 0.6) is 0 Å². The SMILES string of the molecule is CCN(CC)CCN1CC(=NOC)CC1C(N)=O. The van der Waals surface area contributed by atoms with E-state index in [2.05, 4.69) is 28.8 Å². The number of rotatable bonds is 7. The van der Waals surface area contributed by atoms with E-state index in [1.54, 1.807) is 0 Å². The Morgan fingerprint density at radius 3 is 2.72 bits per heavy atom. The minimum atomic E-state index is -0.282. The molecule has 1 aliphatic rings. The first-order chi connectivity index (χ1) is 8.62. The first-order valence-electron chi connectivity index (χ1n) is 6.46. The van der Waals surface area contributed by atoms with Gasteiger partial charge in [-0.15, -0.1) is 0 Å². The number of primary amides is 1. The fourth-order valence-corrected chi connectivity index (χ4v) is 2.28. The maximum Gasteiger partial charge on any atom is 0.235 e. The summed E-state index contributed by atoms with van der Waals surface area (Å²) < 4.78 is 0. The van der Waals surface area contributed by atoms with Crippen LogP contribution < -0.4 is 5.73 Å². The van der Waals surface area contributed by atoms with Gasteiger partial charge in [-0.05, 0) is 13.1 Å². The number of amides is 1. The van der Waals surface area contributed by atoms with Crippen molar-refractivity contribution in [1.82, 2.24) is 9.80 Å². The van der Waals surface area contributed by atoms with E-state index in [4.69, 9.17) is 10.6 Å². The van der Waals surface area contributed by atoms with Crippen molar-refractivity contribution in [1.29, 1.82) is 0 Å². The van der Waals surface area contributed by atoms with Gasteiger partial charge in [-0.2, -0.15) is 0 Å². The Bertz CT molecular complexity index is 302. The van der Waals surface area contributed by atoms with Gasteiger partial charge in [-0.1, -0.05) is 19.0 Å².